The van der Waals surface area contributed by atoms with Crippen molar-refractivity contribution in [2.45, 2.75) is 6.32 Å². The van der Waals surface area contributed by atoms with Gasteiger partial charge >= 0.3 is 7.12 Å². The molecular weight excluding hydrogens is 363 g/mol. The molecule has 8 heteroatoms. The number of rotatable bonds is 7. The lowest BCUT2D eigenvalue weighted by atomic mass is 9.81. The van der Waals surface area contributed by atoms with Crippen molar-refractivity contribution in [3.05, 3.63) is 59.4 Å². The van der Waals surface area contributed by atoms with Crippen LogP contribution in [0.15, 0.2) is 47.1 Å². The number of hydrogen-bond acceptors (Lipinski definition) is 7. The van der Waals surface area contributed by atoms with E-state index in [0.717, 1.165) is 0 Å². The van der Waals surface area contributed by atoms with Crippen molar-refractivity contribution in [3.63, 3.8) is 0 Å². The molecule has 0 bridgehead atoms. The second-order valence-corrected chi connectivity index (χ2v) is 6.08. The predicted octanol–water partition coefficient (Wildman–Crippen LogP) is 2.61. The molecule has 3 N–H and O–H groups in total. The molecule has 3 aromatic rings. The first-order valence-electron chi connectivity index (χ1n) is 8.47. The smallest absolute Gasteiger partial charge is 0.456 e. The molecule has 0 atom stereocenters. The number of aromatic hydroxyl groups is 1. The summed E-state index contributed by atoms with van der Waals surface area (Å²) < 4.78 is 15.9. The van der Waals surface area contributed by atoms with Gasteiger partial charge in [0.2, 0.25) is 5.75 Å². The molecule has 0 fully saturated rings. The van der Waals surface area contributed by atoms with Crippen molar-refractivity contribution in [2.24, 2.45) is 0 Å². The Balaban J connectivity index is 2.00. The van der Waals surface area contributed by atoms with Crippen LogP contribution in [0.5, 0.6) is 17.2 Å². The number of furan rings is 1. The van der Waals surface area contributed by atoms with Gasteiger partial charge in [-0.1, -0.05) is 30.3 Å². The maximum absolute atomic E-state index is 12.8. The first kappa shape index (κ1) is 19.5. The number of phenols is 1. The summed E-state index contributed by atoms with van der Waals surface area (Å²) in [6.45, 7) is 0. The SMILES string of the molecule is COc1c(C(=O)/C=C/c2cccc(CB(O)O)c2)c(O)c(OC)c2occc12. The number of hydrogen-bond donors (Lipinski definition) is 3. The third-order valence-electron chi connectivity index (χ3n) is 4.25. The Morgan fingerprint density at radius 3 is 2.61 bits per heavy atom. The lowest BCUT2D eigenvalue weighted by Crippen LogP contribution is -2.15. The Morgan fingerprint density at radius 1 is 1.18 bits per heavy atom. The fourth-order valence-electron chi connectivity index (χ4n) is 3.05. The summed E-state index contributed by atoms with van der Waals surface area (Å²) in [5, 5.41) is 29.2. The van der Waals surface area contributed by atoms with E-state index in [4.69, 9.17) is 23.9 Å². The van der Waals surface area contributed by atoms with E-state index in [0.29, 0.717) is 16.5 Å². The average Bonchev–Trinajstić information content (AvgIpc) is 3.14. The van der Waals surface area contributed by atoms with E-state index in [1.807, 2.05) is 0 Å². The number of benzene rings is 2. The topological polar surface area (TPSA) is 109 Å². The number of fused-ring (bicyclic) bond motifs is 1. The number of ketones is 1. The van der Waals surface area contributed by atoms with E-state index < -0.39 is 12.9 Å². The number of carbonyl (C=O) groups excluding carboxylic acids is 1. The van der Waals surface area contributed by atoms with Crippen LogP contribution in [0.2, 0.25) is 0 Å². The Labute approximate surface area is 161 Å². The summed E-state index contributed by atoms with van der Waals surface area (Å²) in [5.74, 6) is -0.609. The van der Waals surface area contributed by atoms with Gasteiger partial charge in [0.05, 0.1) is 25.9 Å². The first-order chi connectivity index (χ1) is 13.5. The molecule has 0 saturated carbocycles. The van der Waals surface area contributed by atoms with Gasteiger partial charge in [0, 0.05) is 6.32 Å². The molecule has 0 spiro atoms. The van der Waals surface area contributed by atoms with Crippen LogP contribution in [-0.4, -0.2) is 42.3 Å². The first-order valence-corrected chi connectivity index (χ1v) is 8.47. The molecule has 2 aromatic carbocycles. The molecule has 28 heavy (non-hydrogen) atoms. The second-order valence-electron chi connectivity index (χ2n) is 6.08. The molecule has 1 heterocycles. The number of ether oxygens (including phenoxy) is 2. The maximum Gasteiger partial charge on any atom is 0.456 e. The van der Waals surface area contributed by atoms with Crippen LogP contribution in [0.25, 0.3) is 17.0 Å². The fraction of sp³-hybridized carbons (Fsp3) is 0.150. The van der Waals surface area contributed by atoms with Crippen molar-refractivity contribution in [1.29, 1.82) is 0 Å². The molecule has 3 rings (SSSR count). The highest BCUT2D eigenvalue weighted by Crippen LogP contribution is 2.45. The van der Waals surface area contributed by atoms with Gasteiger partial charge in [-0.2, -0.15) is 0 Å². The summed E-state index contributed by atoms with van der Waals surface area (Å²) in [6, 6.07) is 8.64. The number of carbonyl (C=O) groups is 1. The van der Waals surface area contributed by atoms with E-state index in [9.17, 15) is 9.90 Å². The van der Waals surface area contributed by atoms with E-state index in [1.165, 1.54) is 26.6 Å². The lowest BCUT2D eigenvalue weighted by Gasteiger charge is -2.13. The fourth-order valence-corrected chi connectivity index (χ4v) is 3.05. The summed E-state index contributed by atoms with van der Waals surface area (Å²) in [7, 11) is 1.32. The zero-order valence-corrected chi connectivity index (χ0v) is 15.4. The van der Waals surface area contributed by atoms with Gasteiger partial charge in [0.15, 0.2) is 17.1 Å². The van der Waals surface area contributed by atoms with Crippen molar-refractivity contribution < 1.29 is 33.8 Å². The van der Waals surface area contributed by atoms with Crippen LogP contribution in [0.3, 0.4) is 0 Å². The monoisotopic (exact) mass is 382 g/mol. The standard InChI is InChI=1S/C20H19BO7/c1-26-18-14-8-9-28-19(14)20(27-2)17(23)16(18)15(22)7-6-12-4-3-5-13(10-12)11-21(24)25/h3-10,23-25H,11H2,1-2H3/b7-6+. The highest BCUT2D eigenvalue weighted by Gasteiger charge is 2.26. The van der Waals surface area contributed by atoms with Gasteiger partial charge in [-0.15, -0.1) is 0 Å². The van der Waals surface area contributed by atoms with Gasteiger partial charge in [-0.25, -0.2) is 0 Å². The van der Waals surface area contributed by atoms with Crippen molar-refractivity contribution in [1.82, 2.24) is 0 Å². The zero-order chi connectivity index (χ0) is 20.3. The van der Waals surface area contributed by atoms with Crippen LogP contribution in [0.4, 0.5) is 0 Å². The minimum absolute atomic E-state index is 0.0357. The van der Waals surface area contributed by atoms with Crippen LogP contribution in [0.1, 0.15) is 21.5 Å². The van der Waals surface area contributed by atoms with Gasteiger partial charge < -0.3 is 29.0 Å². The third-order valence-corrected chi connectivity index (χ3v) is 4.25. The van der Waals surface area contributed by atoms with E-state index in [2.05, 4.69) is 0 Å². The van der Waals surface area contributed by atoms with Gasteiger partial charge in [0.25, 0.3) is 0 Å². The second kappa shape index (κ2) is 8.20. The summed E-state index contributed by atoms with van der Waals surface area (Å²) in [5.41, 5.74) is 1.66. The molecule has 0 aliphatic rings. The number of phenolic OH excluding ortho intramolecular Hbond substituents is 1. The normalized spacial score (nSPS) is 11.1. The molecule has 1 aromatic heterocycles. The molecule has 0 radical (unpaired) electrons. The van der Waals surface area contributed by atoms with E-state index >= 15 is 0 Å². The Bertz CT molecular complexity index is 1040. The van der Waals surface area contributed by atoms with E-state index in [1.54, 1.807) is 36.4 Å². The van der Waals surface area contributed by atoms with Crippen molar-refractivity contribution >= 4 is 29.9 Å². The quantitative estimate of drug-likeness (QED) is 0.327. The molecule has 0 unspecified atom stereocenters. The van der Waals surface area contributed by atoms with Crippen molar-refractivity contribution in [3.8, 4) is 17.2 Å². The minimum Gasteiger partial charge on any atom is -0.504 e. The summed E-state index contributed by atoms with van der Waals surface area (Å²) >= 11 is 0. The van der Waals surface area contributed by atoms with Crippen LogP contribution in [0, 0.1) is 0 Å². The Morgan fingerprint density at radius 2 is 1.93 bits per heavy atom. The summed E-state index contributed by atoms with van der Waals surface area (Å²) in [4.78, 5) is 12.8. The molecule has 0 amide bonds. The molecule has 0 aliphatic heterocycles. The zero-order valence-electron chi connectivity index (χ0n) is 15.4. The molecule has 7 nitrogen and oxygen atoms in total. The third kappa shape index (κ3) is 3.73. The molecule has 0 aliphatic carbocycles. The van der Waals surface area contributed by atoms with Gasteiger partial charge in [-0.3, -0.25) is 4.79 Å². The maximum atomic E-state index is 12.8. The molecule has 144 valence electrons. The van der Waals surface area contributed by atoms with Gasteiger partial charge in [0.1, 0.15) is 11.3 Å². The Kier molecular flexibility index (Phi) is 5.72. The van der Waals surface area contributed by atoms with Crippen LogP contribution < -0.4 is 9.47 Å². The van der Waals surface area contributed by atoms with Crippen LogP contribution in [-0.2, 0) is 6.32 Å². The predicted molar refractivity (Wildman–Crippen MR) is 105 cm³/mol. The number of allylic oxidation sites excluding steroid dienone is 1. The largest absolute Gasteiger partial charge is 0.504 e. The van der Waals surface area contributed by atoms with E-state index in [-0.39, 0.29) is 34.7 Å². The van der Waals surface area contributed by atoms with Crippen molar-refractivity contribution in [2.75, 3.05) is 14.2 Å². The molecule has 0 saturated heterocycles. The average molecular weight is 382 g/mol. The highest BCUT2D eigenvalue weighted by atomic mass is 16.5. The van der Waals surface area contributed by atoms with Gasteiger partial charge in [-0.05, 0) is 23.3 Å². The number of methoxy groups -OCH3 is 2. The lowest BCUT2D eigenvalue weighted by molar-refractivity contribution is 0.104. The molecular formula is C20H19BO7. The summed E-state index contributed by atoms with van der Waals surface area (Å²) in [6.07, 6.45) is 4.37. The minimum atomic E-state index is -1.45. The highest BCUT2D eigenvalue weighted by molar-refractivity contribution is 6.40. The Hall–Kier alpha value is -3.23. The van der Waals surface area contributed by atoms with Crippen LogP contribution >= 0.6 is 0 Å².